The third-order valence-corrected chi connectivity index (χ3v) is 7.53. The second-order valence-electron chi connectivity index (χ2n) is 10.2. The van der Waals surface area contributed by atoms with Crippen LogP contribution in [0.4, 0.5) is 0 Å². The van der Waals surface area contributed by atoms with Crippen molar-refractivity contribution in [3.63, 3.8) is 0 Å². The molecule has 216 valence electrons. The van der Waals surface area contributed by atoms with Gasteiger partial charge >= 0.3 is 0 Å². The number of aromatic carboxylic acids is 2. The van der Waals surface area contributed by atoms with E-state index in [1.165, 1.54) is 84.9 Å². The topological polar surface area (TPSA) is 172 Å². The first-order valence-electron chi connectivity index (χ1n) is 13.2. The molecule has 4 amide bonds. The first kappa shape index (κ1) is 27.9. The molecule has 0 fully saturated rings. The highest BCUT2D eigenvalue weighted by molar-refractivity contribution is 6.24. The Hall–Kier alpha value is -6.23. The lowest BCUT2D eigenvalue weighted by Crippen LogP contribution is -2.29. The largest absolute Gasteiger partial charge is 0.545 e. The van der Waals surface area contributed by atoms with E-state index in [0.717, 1.165) is 9.80 Å². The Kier molecular flexibility index (Phi) is 6.70. The van der Waals surface area contributed by atoms with Crippen molar-refractivity contribution in [2.24, 2.45) is 0 Å². The van der Waals surface area contributed by atoms with E-state index >= 15 is 0 Å². The van der Waals surface area contributed by atoms with Crippen LogP contribution in [-0.2, 0) is 13.1 Å². The van der Waals surface area contributed by atoms with E-state index in [0.29, 0.717) is 11.1 Å². The van der Waals surface area contributed by atoms with Crippen LogP contribution in [0.5, 0.6) is 0 Å². The number of hydrogen-bond acceptors (Lipinski definition) is 9. The maximum Gasteiger partial charge on any atom is 0.261 e. The molecule has 0 aliphatic carbocycles. The summed E-state index contributed by atoms with van der Waals surface area (Å²) in [5, 5.41) is 22.0. The molecule has 11 heteroatoms. The molecule has 0 atom stereocenters. The van der Waals surface area contributed by atoms with Crippen molar-refractivity contribution >= 4 is 41.4 Å². The van der Waals surface area contributed by atoms with Crippen molar-refractivity contribution in [3.05, 3.63) is 141 Å². The summed E-state index contributed by atoms with van der Waals surface area (Å²) in [4.78, 5) is 89.6. The zero-order chi connectivity index (χ0) is 31.3. The first-order valence-corrected chi connectivity index (χ1v) is 13.2. The Bertz CT molecular complexity index is 1820. The van der Waals surface area contributed by atoms with Crippen LogP contribution in [0.25, 0.3) is 0 Å². The molecule has 4 aromatic carbocycles. The summed E-state index contributed by atoms with van der Waals surface area (Å²) < 4.78 is 0. The van der Waals surface area contributed by atoms with Crippen LogP contribution in [0.3, 0.4) is 0 Å². The first-order chi connectivity index (χ1) is 21.0. The van der Waals surface area contributed by atoms with Crippen LogP contribution >= 0.6 is 0 Å². The van der Waals surface area contributed by atoms with Crippen molar-refractivity contribution < 1.29 is 43.8 Å². The molecule has 0 spiro atoms. The number of ketones is 1. The molecule has 0 saturated carbocycles. The van der Waals surface area contributed by atoms with Gasteiger partial charge in [0.1, 0.15) is 0 Å². The Morgan fingerprint density at radius 1 is 0.455 bits per heavy atom. The van der Waals surface area contributed by atoms with E-state index < -0.39 is 41.4 Å². The molecule has 0 aromatic heterocycles. The fraction of sp³-hybridized carbons (Fsp3) is 0.0606. The summed E-state index contributed by atoms with van der Waals surface area (Å²) in [7, 11) is 0. The monoisotopic (exact) mass is 586 g/mol. The SMILES string of the molecule is O=C([O-])c1ccc(CN2C(=O)c3ccc(C(=O)c4ccc5c(c4)C(=O)N(Cc4ccc(C(=O)[O-])cc4)C5=O)cc3C2=O)cc1. The van der Waals surface area contributed by atoms with Gasteiger partial charge in [-0.15, -0.1) is 0 Å². The molecule has 11 nitrogen and oxygen atoms in total. The summed E-state index contributed by atoms with van der Waals surface area (Å²) in [5.74, 6) is -5.62. The minimum absolute atomic E-state index is 0.0236. The second kappa shape index (κ2) is 10.6. The highest BCUT2D eigenvalue weighted by Gasteiger charge is 2.38. The highest BCUT2D eigenvalue weighted by Crippen LogP contribution is 2.29. The number of fused-ring (bicyclic) bond motifs is 2. The molecule has 0 saturated heterocycles. The van der Waals surface area contributed by atoms with Crippen LogP contribution in [0.2, 0.25) is 0 Å². The van der Waals surface area contributed by atoms with E-state index in [-0.39, 0.29) is 57.6 Å². The zero-order valence-corrected chi connectivity index (χ0v) is 22.6. The van der Waals surface area contributed by atoms with Gasteiger partial charge in [-0.3, -0.25) is 33.8 Å². The summed E-state index contributed by atoms with van der Waals surface area (Å²) >= 11 is 0. The molecule has 2 aliphatic rings. The fourth-order valence-corrected chi connectivity index (χ4v) is 5.18. The third kappa shape index (κ3) is 4.71. The van der Waals surface area contributed by atoms with Crippen molar-refractivity contribution in [3.8, 4) is 0 Å². The number of rotatable bonds is 8. The Labute approximate surface area is 248 Å². The molecule has 0 radical (unpaired) electrons. The van der Waals surface area contributed by atoms with Gasteiger partial charge in [0.15, 0.2) is 5.78 Å². The molecular formula is C33H18N2O9-2. The highest BCUT2D eigenvalue weighted by atomic mass is 16.4. The quantitative estimate of drug-likeness (QED) is 0.217. The minimum Gasteiger partial charge on any atom is -0.545 e. The lowest BCUT2D eigenvalue weighted by molar-refractivity contribution is -0.256. The van der Waals surface area contributed by atoms with Crippen molar-refractivity contribution in [1.82, 2.24) is 9.80 Å². The average Bonchev–Trinajstić information content (AvgIpc) is 3.40. The van der Waals surface area contributed by atoms with Gasteiger partial charge in [-0.1, -0.05) is 60.7 Å². The van der Waals surface area contributed by atoms with Crippen LogP contribution < -0.4 is 10.2 Å². The van der Waals surface area contributed by atoms with Crippen molar-refractivity contribution in [1.29, 1.82) is 0 Å². The van der Waals surface area contributed by atoms with Crippen molar-refractivity contribution in [2.45, 2.75) is 13.1 Å². The molecule has 0 N–H and O–H groups in total. The number of carboxylic acid groups (broad SMARTS) is 2. The lowest BCUT2D eigenvalue weighted by Gasteiger charge is -2.14. The second-order valence-corrected chi connectivity index (χ2v) is 10.2. The minimum atomic E-state index is -1.35. The summed E-state index contributed by atoms with van der Waals surface area (Å²) in [6, 6.07) is 19.3. The zero-order valence-electron chi connectivity index (χ0n) is 22.6. The summed E-state index contributed by atoms with van der Waals surface area (Å²) in [5.41, 5.74) is 1.38. The van der Waals surface area contributed by atoms with E-state index in [1.807, 2.05) is 0 Å². The molecule has 4 aromatic rings. The predicted molar refractivity (Wildman–Crippen MR) is 146 cm³/mol. The molecule has 2 heterocycles. The number of hydrogen-bond donors (Lipinski definition) is 0. The van der Waals surface area contributed by atoms with Crippen LogP contribution in [-0.4, -0.2) is 51.2 Å². The Balaban J connectivity index is 1.21. The van der Waals surface area contributed by atoms with Gasteiger partial charge in [0.2, 0.25) is 0 Å². The van der Waals surface area contributed by atoms with E-state index in [9.17, 15) is 43.8 Å². The number of nitrogens with zero attached hydrogens (tertiary/aromatic N) is 2. The van der Waals surface area contributed by atoms with E-state index in [4.69, 9.17) is 0 Å². The Morgan fingerprint density at radius 2 is 0.773 bits per heavy atom. The van der Waals surface area contributed by atoms with Gasteiger partial charge in [0.05, 0.1) is 47.3 Å². The standard InChI is InChI=1S/C33H20N2O9/c36-27(21-9-11-23-25(13-21)30(39)34(28(23)37)15-17-1-5-19(6-2-17)32(41)42)22-10-12-24-26(14-22)31(40)35(29(24)38)16-18-3-7-20(8-4-18)33(43)44/h1-14H,15-16H2,(H,41,42)(H,43,44)/p-2. The number of benzene rings is 4. The van der Waals surface area contributed by atoms with Gasteiger partial charge < -0.3 is 19.8 Å². The maximum atomic E-state index is 13.4. The summed E-state index contributed by atoms with van der Waals surface area (Å²) in [6.45, 7) is -0.220. The number of amides is 4. The average molecular weight is 587 g/mol. The smallest absolute Gasteiger partial charge is 0.261 e. The van der Waals surface area contributed by atoms with Gasteiger partial charge in [-0.2, -0.15) is 0 Å². The van der Waals surface area contributed by atoms with E-state index in [2.05, 4.69) is 0 Å². The maximum absolute atomic E-state index is 13.4. The molecular weight excluding hydrogens is 568 g/mol. The molecule has 2 aliphatic heterocycles. The number of imide groups is 2. The van der Waals surface area contributed by atoms with Crippen LogP contribution in [0.15, 0.2) is 84.9 Å². The van der Waals surface area contributed by atoms with Crippen molar-refractivity contribution in [2.75, 3.05) is 0 Å². The third-order valence-electron chi connectivity index (χ3n) is 7.53. The molecule has 6 rings (SSSR count). The normalized spacial score (nSPS) is 13.7. The van der Waals surface area contributed by atoms with Gasteiger partial charge in [0, 0.05) is 11.1 Å². The number of carbonyl (C=O) groups is 7. The summed E-state index contributed by atoms with van der Waals surface area (Å²) in [6.07, 6.45) is 0. The van der Waals surface area contributed by atoms with Gasteiger partial charge in [0.25, 0.3) is 23.6 Å². The Morgan fingerprint density at radius 3 is 1.11 bits per heavy atom. The van der Waals surface area contributed by atoms with E-state index in [1.54, 1.807) is 0 Å². The van der Waals surface area contributed by atoms with Crippen LogP contribution in [0.1, 0.15) is 89.2 Å². The lowest BCUT2D eigenvalue weighted by atomic mass is 9.96. The van der Waals surface area contributed by atoms with Gasteiger partial charge in [-0.05, 0) is 46.5 Å². The molecule has 0 bridgehead atoms. The number of carboxylic acids is 2. The molecule has 0 unspecified atom stereocenters. The van der Waals surface area contributed by atoms with Gasteiger partial charge in [-0.25, -0.2) is 0 Å². The van der Waals surface area contributed by atoms with Crippen LogP contribution in [0, 0.1) is 0 Å². The predicted octanol–water partition coefficient (Wildman–Crippen LogP) is 1.24. The fourth-order valence-electron chi connectivity index (χ4n) is 5.18. The molecule has 44 heavy (non-hydrogen) atoms. The number of carbonyl (C=O) groups excluding carboxylic acids is 7.